The highest BCUT2D eigenvalue weighted by atomic mass is 79.9. The Labute approximate surface area is 206 Å². The van der Waals surface area contributed by atoms with E-state index in [2.05, 4.69) is 20.7 Å². The van der Waals surface area contributed by atoms with Gasteiger partial charge < -0.3 is 9.64 Å². The summed E-state index contributed by atoms with van der Waals surface area (Å²) in [5, 5.41) is 0.478. The summed E-state index contributed by atoms with van der Waals surface area (Å²) in [6.45, 7) is 3.69. The quantitative estimate of drug-likeness (QED) is 0.436. The minimum atomic E-state index is -3.79. The molecule has 172 valence electrons. The van der Waals surface area contributed by atoms with Gasteiger partial charge in [-0.2, -0.15) is 0 Å². The predicted octanol–water partition coefficient (Wildman–Crippen LogP) is 5.57. The van der Waals surface area contributed by atoms with Crippen molar-refractivity contribution in [2.24, 2.45) is 0 Å². The van der Waals surface area contributed by atoms with Crippen LogP contribution in [0.25, 0.3) is 0 Å². The van der Waals surface area contributed by atoms with E-state index in [1.54, 1.807) is 23.1 Å². The Morgan fingerprint density at radius 1 is 1.15 bits per heavy atom. The number of nitrogens with one attached hydrogen (secondary N) is 1. The molecule has 0 bridgehead atoms. The van der Waals surface area contributed by atoms with E-state index in [0.29, 0.717) is 16.5 Å². The van der Waals surface area contributed by atoms with Crippen LogP contribution in [0.15, 0.2) is 70.0 Å². The maximum Gasteiger partial charge on any atom is 0.265 e. The van der Waals surface area contributed by atoms with Gasteiger partial charge in [0, 0.05) is 21.2 Å². The highest BCUT2D eigenvalue weighted by molar-refractivity contribution is 9.10. The molecule has 0 radical (unpaired) electrons. The fourth-order valence-corrected chi connectivity index (χ4v) is 5.42. The number of hydrogen-bond donors (Lipinski definition) is 1. The fraction of sp³-hybridized carbons (Fsp3) is 0.208. The first-order valence-corrected chi connectivity index (χ1v) is 12.9. The number of sulfonamides is 1. The standard InChI is InChI=1S/C24H22BrClN2O4S/c1-15-3-5-19(13-22(15)26)27-33(30,31)21-8-6-20(7-9-21)32-14-24(29)28-16(2)11-17-12-18(25)4-10-23(17)28/h3-10,12-13,16,27H,11,14H2,1-2H3/t16-/m1/s1. The Balaban J connectivity index is 1.41. The molecule has 1 N–H and O–H groups in total. The molecule has 3 aromatic rings. The summed E-state index contributed by atoms with van der Waals surface area (Å²) in [5.41, 5.74) is 3.24. The van der Waals surface area contributed by atoms with Gasteiger partial charge in [-0.05, 0) is 86.0 Å². The van der Waals surface area contributed by atoms with Crippen LogP contribution in [0, 0.1) is 6.92 Å². The van der Waals surface area contributed by atoms with Gasteiger partial charge in [-0.3, -0.25) is 9.52 Å². The molecule has 0 saturated carbocycles. The summed E-state index contributed by atoms with van der Waals surface area (Å²) in [6, 6.07) is 16.8. The van der Waals surface area contributed by atoms with Crippen molar-refractivity contribution in [1.29, 1.82) is 0 Å². The molecular weight excluding hydrogens is 528 g/mol. The highest BCUT2D eigenvalue weighted by Gasteiger charge is 2.31. The monoisotopic (exact) mass is 548 g/mol. The number of halogens is 2. The van der Waals surface area contributed by atoms with Crippen LogP contribution < -0.4 is 14.4 Å². The van der Waals surface area contributed by atoms with Crippen LogP contribution in [-0.2, 0) is 21.2 Å². The Kier molecular flexibility index (Phi) is 6.70. The van der Waals surface area contributed by atoms with Gasteiger partial charge >= 0.3 is 0 Å². The fourth-order valence-electron chi connectivity index (χ4n) is 3.78. The average Bonchev–Trinajstić information content (AvgIpc) is 3.09. The second-order valence-corrected chi connectivity index (χ2v) is 10.9. The molecule has 0 spiro atoms. The third kappa shape index (κ3) is 5.18. The molecule has 0 aromatic heterocycles. The SMILES string of the molecule is Cc1ccc(NS(=O)(=O)c2ccc(OCC(=O)N3c4ccc(Br)cc4C[C@H]3C)cc2)cc1Cl. The van der Waals surface area contributed by atoms with Gasteiger partial charge in [-0.25, -0.2) is 8.42 Å². The van der Waals surface area contributed by atoms with Crippen LogP contribution in [0.5, 0.6) is 5.75 Å². The number of aryl methyl sites for hydroxylation is 1. The third-order valence-electron chi connectivity index (χ3n) is 5.45. The van der Waals surface area contributed by atoms with Crippen molar-refractivity contribution in [1.82, 2.24) is 0 Å². The number of amides is 1. The Hall–Kier alpha value is -2.55. The summed E-state index contributed by atoms with van der Waals surface area (Å²) in [6.07, 6.45) is 0.784. The molecule has 6 nitrogen and oxygen atoms in total. The van der Waals surface area contributed by atoms with Crippen LogP contribution in [0.3, 0.4) is 0 Å². The molecule has 0 fully saturated rings. The van der Waals surface area contributed by atoms with Crippen LogP contribution in [0.2, 0.25) is 5.02 Å². The van der Waals surface area contributed by atoms with Gasteiger partial charge in [0.1, 0.15) is 5.75 Å². The first kappa shape index (κ1) is 23.6. The van der Waals surface area contributed by atoms with E-state index < -0.39 is 10.0 Å². The van der Waals surface area contributed by atoms with Gasteiger partial charge in [-0.1, -0.05) is 33.6 Å². The maximum absolute atomic E-state index is 12.8. The van der Waals surface area contributed by atoms with E-state index >= 15 is 0 Å². The molecule has 1 heterocycles. The molecule has 1 atom stereocenters. The zero-order valence-electron chi connectivity index (χ0n) is 18.0. The summed E-state index contributed by atoms with van der Waals surface area (Å²) in [5.74, 6) is 0.252. The zero-order valence-corrected chi connectivity index (χ0v) is 21.2. The van der Waals surface area contributed by atoms with E-state index in [4.69, 9.17) is 16.3 Å². The highest BCUT2D eigenvalue weighted by Crippen LogP contribution is 2.34. The van der Waals surface area contributed by atoms with Gasteiger partial charge in [0.25, 0.3) is 15.9 Å². The molecule has 0 aliphatic carbocycles. The normalized spacial score (nSPS) is 15.3. The first-order valence-electron chi connectivity index (χ1n) is 10.3. The summed E-state index contributed by atoms with van der Waals surface area (Å²) in [7, 11) is -3.79. The molecule has 4 rings (SSSR count). The van der Waals surface area contributed by atoms with Crippen LogP contribution in [0.1, 0.15) is 18.1 Å². The minimum absolute atomic E-state index is 0.0410. The molecule has 0 saturated heterocycles. The third-order valence-corrected chi connectivity index (χ3v) is 7.74. The number of nitrogens with zero attached hydrogens (tertiary/aromatic N) is 1. The Morgan fingerprint density at radius 2 is 1.88 bits per heavy atom. The lowest BCUT2D eigenvalue weighted by atomic mass is 10.1. The molecule has 0 unspecified atom stereocenters. The van der Waals surface area contributed by atoms with Crippen molar-refractivity contribution in [2.75, 3.05) is 16.2 Å². The van der Waals surface area contributed by atoms with Gasteiger partial charge in [0.2, 0.25) is 0 Å². The average molecular weight is 550 g/mol. The first-order chi connectivity index (χ1) is 15.6. The Morgan fingerprint density at radius 3 is 2.58 bits per heavy atom. The van der Waals surface area contributed by atoms with Crippen molar-refractivity contribution < 1.29 is 17.9 Å². The topological polar surface area (TPSA) is 75.7 Å². The van der Waals surface area contributed by atoms with E-state index in [0.717, 1.165) is 27.7 Å². The lowest BCUT2D eigenvalue weighted by Gasteiger charge is -2.22. The summed E-state index contributed by atoms with van der Waals surface area (Å²) in [4.78, 5) is 14.7. The number of ether oxygens (including phenoxy) is 1. The van der Waals surface area contributed by atoms with E-state index in [1.165, 1.54) is 24.3 Å². The molecule has 1 amide bonds. The molecule has 3 aromatic carbocycles. The lowest BCUT2D eigenvalue weighted by Crippen LogP contribution is -2.39. The van der Waals surface area contributed by atoms with E-state index in [9.17, 15) is 13.2 Å². The van der Waals surface area contributed by atoms with Crippen LogP contribution in [0.4, 0.5) is 11.4 Å². The number of rotatable bonds is 6. The number of carbonyl (C=O) groups is 1. The van der Waals surface area contributed by atoms with Gasteiger partial charge in [0.15, 0.2) is 6.61 Å². The number of hydrogen-bond acceptors (Lipinski definition) is 4. The number of benzene rings is 3. The molecule has 1 aliphatic rings. The second kappa shape index (κ2) is 9.37. The number of carbonyl (C=O) groups excluding carboxylic acids is 1. The molecule has 9 heteroatoms. The number of fused-ring (bicyclic) bond motifs is 1. The maximum atomic E-state index is 12.8. The Bertz CT molecular complexity index is 1310. The second-order valence-electron chi connectivity index (χ2n) is 7.92. The lowest BCUT2D eigenvalue weighted by molar-refractivity contribution is -0.120. The van der Waals surface area contributed by atoms with Gasteiger partial charge in [0.05, 0.1) is 10.6 Å². The molecule has 33 heavy (non-hydrogen) atoms. The predicted molar refractivity (Wildman–Crippen MR) is 134 cm³/mol. The van der Waals surface area contributed by atoms with E-state index in [1.807, 2.05) is 32.0 Å². The van der Waals surface area contributed by atoms with Crippen molar-refractivity contribution in [3.05, 3.63) is 81.3 Å². The largest absolute Gasteiger partial charge is 0.484 e. The molecule has 1 aliphatic heterocycles. The van der Waals surface area contributed by atoms with E-state index in [-0.39, 0.29) is 23.5 Å². The minimum Gasteiger partial charge on any atom is -0.484 e. The van der Waals surface area contributed by atoms with Gasteiger partial charge in [-0.15, -0.1) is 0 Å². The van der Waals surface area contributed by atoms with Crippen molar-refractivity contribution >= 4 is 54.8 Å². The van der Waals surface area contributed by atoms with Crippen molar-refractivity contribution in [2.45, 2.75) is 31.2 Å². The summed E-state index contributed by atoms with van der Waals surface area (Å²) >= 11 is 9.54. The molecular formula is C24H22BrClN2O4S. The summed E-state index contributed by atoms with van der Waals surface area (Å²) < 4.78 is 34.5. The van der Waals surface area contributed by atoms with Crippen molar-refractivity contribution in [3.8, 4) is 5.75 Å². The van der Waals surface area contributed by atoms with Crippen LogP contribution in [-0.4, -0.2) is 27.0 Å². The zero-order chi connectivity index (χ0) is 23.8. The van der Waals surface area contributed by atoms with Crippen molar-refractivity contribution in [3.63, 3.8) is 0 Å². The van der Waals surface area contributed by atoms with Crippen LogP contribution >= 0.6 is 27.5 Å². The smallest absolute Gasteiger partial charge is 0.265 e. The number of anilines is 2.